The monoisotopic (exact) mass is 357 g/mol. The molecule has 3 aromatic carbocycles. The normalized spacial score (nSPS) is 17.6. The number of rotatable bonds is 5. The van der Waals surface area contributed by atoms with E-state index in [2.05, 4.69) is 98.5 Å². The van der Waals surface area contributed by atoms with Gasteiger partial charge >= 0.3 is 0 Å². The Morgan fingerprint density at radius 2 is 1.44 bits per heavy atom. The van der Waals surface area contributed by atoms with E-state index in [0.717, 1.165) is 12.3 Å². The maximum absolute atomic E-state index is 6.05. The lowest BCUT2D eigenvalue weighted by Gasteiger charge is -2.31. The van der Waals surface area contributed by atoms with Crippen molar-refractivity contribution in [2.75, 3.05) is 18.1 Å². The second kappa shape index (κ2) is 7.11. The van der Waals surface area contributed by atoms with E-state index < -0.39 is 0 Å². The molecule has 0 bridgehead atoms. The minimum atomic E-state index is 0.161. The van der Waals surface area contributed by atoms with Gasteiger partial charge in [-0.2, -0.15) is 0 Å². The zero-order chi connectivity index (χ0) is 18.9. The van der Waals surface area contributed by atoms with Crippen LogP contribution in [0.1, 0.15) is 26.3 Å². The molecule has 0 N–H and O–H groups in total. The van der Waals surface area contributed by atoms with Crippen LogP contribution < -0.4 is 9.64 Å². The van der Waals surface area contributed by atoms with Crippen LogP contribution in [-0.4, -0.2) is 19.2 Å². The second-order valence-corrected chi connectivity index (χ2v) is 7.85. The van der Waals surface area contributed by atoms with Crippen LogP contribution in [0.2, 0.25) is 0 Å². The highest BCUT2D eigenvalue weighted by atomic mass is 16.5. The summed E-state index contributed by atoms with van der Waals surface area (Å²) in [5.41, 5.74) is 5.39. The summed E-state index contributed by atoms with van der Waals surface area (Å²) in [6, 6.07) is 28.0. The maximum Gasteiger partial charge on any atom is 0.119 e. The van der Waals surface area contributed by atoms with Gasteiger partial charge in [0.2, 0.25) is 0 Å². The lowest BCUT2D eigenvalue weighted by molar-refractivity contribution is 0.314. The van der Waals surface area contributed by atoms with E-state index in [-0.39, 0.29) is 5.41 Å². The van der Waals surface area contributed by atoms with Crippen molar-refractivity contribution in [3.05, 3.63) is 84.4 Å². The SMILES string of the molecule is CC1N(CCOc2ccc(-c3ccccc3)cc2)c2ccccc2C1(C)C. The van der Waals surface area contributed by atoms with Crippen molar-refractivity contribution in [2.24, 2.45) is 0 Å². The summed E-state index contributed by atoms with van der Waals surface area (Å²) in [4.78, 5) is 2.48. The van der Waals surface area contributed by atoms with E-state index in [1.165, 1.54) is 22.4 Å². The molecule has 1 aliphatic rings. The van der Waals surface area contributed by atoms with E-state index in [0.29, 0.717) is 12.6 Å². The predicted octanol–water partition coefficient (Wildman–Crippen LogP) is 5.92. The van der Waals surface area contributed by atoms with Crippen LogP contribution in [0.15, 0.2) is 78.9 Å². The summed E-state index contributed by atoms with van der Waals surface area (Å²) in [5, 5.41) is 0. The molecule has 0 saturated carbocycles. The number of fused-ring (bicyclic) bond motifs is 1. The maximum atomic E-state index is 6.05. The van der Waals surface area contributed by atoms with Crippen LogP contribution in [0.5, 0.6) is 5.75 Å². The van der Waals surface area contributed by atoms with Gasteiger partial charge in [0.25, 0.3) is 0 Å². The van der Waals surface area contributed by atoms with Crippen LogP contribution in [0.4, 0.5) is 5.69 Å². The highest BCUT2D eigenvalue weighted by Gasteiger charge is 2.41. The number of para-hydroxylation sites is 1. The smallest absolute Gasteiger partial charge is 0.119 e. The summed E-state index contributed by atoms with van der Waals surface area (Å²) in [6.45, 7) is 8.55. The standard InChI is InChI=1S/C25H27NO/c1-19-25(2,3)23-11-7-8-12-24(23)26(19)17-18-27-22-15-13-21(14-16-22)20-9-5-4-6-10-20/h4-16,19H,17-18H2,1-3H3. The lowest BCUT2D eigenvalue weighted by Crippen LogP contribution is -2.40. The van der Waals surface area contributed by atoms with Crippen LogP contribution in [0.3, 0.4) is 0 Å². The van der Waals surface area contributed by atoms with Gasteiger partial charge in [0.1, 0.15) is 12.4 Å². The zero-order valence-corrected chi connectivity index (χ0v) is 16.4. The molecule has 4 rings (SSSR count). The Balaban J connectivity index is 1.40. The molecule has 1 heterocycles. The molecule has 27 heavy (non-hydrogen) atoms. The molecule has 0 aliphatic carbocycles. The average Bonchev–Trinajstić information content (AvgIpc) is 2.90. The molecule has 2 heteroatoms. The van der Waals surface area contributed by atoms with Gasteiger partial charge < -0.3 is 9.64 Å². The molecule has 1 unspecified atom stereocenters. The molecule has 138 valence electrons. The highest BCUT2D eigenvalue weighted by molar-refractivity contribution is 5.64. The molecule has 0 radical (unpaired) electrons. The minimum absolute atomic E-state index is 0.161. The minimum Gasteiger partial charge on any atom is -0.492 e. The largest absolute Gasteiger partial charge is 0.492 e. The van der Waals surface area contributed by atoms with Crippen LogP contribution in [-0.2, 0) is 5.41 Å². The first-order valence-electron chi connectivity index (χ1n) is 9.72. The van der Waals surface area contributed by atoms with E-state index in [9.17, 15) is 0 Å². The number of hydrogen-bond donors (Lipinski definition) is 0. The second-order valence-electron chi connectivity index (χ2n) is 7.85. The summed E-state index contributed by atoms with van der Waals surface area (Å²) < 4.78 is 6.05. The Morgan fingerprint density at radius 3 is 2.19 bits per heavy atom. The first-order chi connectivity index (χ1) is 13.1. The van der Waals surface area contributed by atoms with E-state index >= 15 is 0 Å². The molecule has 0 saturated heterocycles. The molecule has 1 atom stereocenters. The number of benzene rings is 3. The van der Waals surface area contributed by atoms with Crippen molar-refractivity contribution < 1.29 is 4.74 Å². The molecule has 0 fully saturated rings. The molecule has 0 amide bonds. The topological polar surface area (TPSA) is 12.5 Å². The molecular weight excluding hydrogens is 330 g/mol. The van der Waals surface area contributed by atoms with Crippen molar-refractivity contribution in [1.29, 1.82) is 0 Å². The Bertz CT molecular complexity index is 899. The van der Waals surface area contributed by atoms with Gasteiger partial charge in [0.05, 0.1) is 6.54 Å². The molecular formula is C25H27NO. The van der Waals surface area contributed by atoms with Gasteiger partial charge in [-0.05, 0) is 41.8 Å². The summed E-state index contributed by atoms with van der Waals surface area (Å²) in [6.07, 6.45) is 0. The van der Waals surface area contributed by atoms with Crippen molar-refractivity contribution >= 4 is 5.69 Å². The van der Waals surface area contributed by atoms with Gasteiger partial charge in [-0.15, -0.1) is 0 Å². The number of nitrogens with zero attached hydrogens (tertiary/aromatic N) is 1. The highest BCUT2D eigenvalue weighted by Crippen LogP contribution is 2.44. The van der Waals surface area contributed by atoms with E-state index in [1.807, 2.05) is 6.07 Å². The Kier molecular flexibility index (Phi) is 4.65. The Morgan fingerprint density at radius 1 is 0.815 bits per heavy atom. The molecule has 1 aliphatic heterocycles. The summed E-state index contributed by atoms with van der Waals surface area (Å²) >= 11 is 0. The van der Waals surface area contributed by atoms with E-state index in [1.54, 1.807) is 0 Å². The van der Waals surface area contributed by atoms with Gasteiger partial charge in [0.15, 0.2) is 0 Å². The molecule has 2 nitrogen and oxygen atoms in total. The fraction of sp³-hybridized carbons (Fsp3) is 0.280. The van der Waals surface area contributed by atoms with Crippen LogP contribution in [0.25, 0.3) is 11.1 Å². The fourth-order valence-corrected chi connectivity index (χ4v) is 4.04. The summed E-state index contributed by atoms with van der Waals surface area (Å²) in [5.74, 6) is 0.925. The zero-order valence-electron chi connectivity index (χ0n) is 16.4. The Labute approximate surface area is 162 Å². The third-order valence-electron chi connectivity index (χ3n) is 5.98. The van der Waals surface area contributed by atoms with Gasteiger partial charge in [-0.1, -0.05) is 74.5 Å². The van der Waals surface area contributed by atoms with Crippen LogP contribution >= 0.6 is 0 Å². The van der Waals surface area contributed by atoms with Crippen molar-refractivity contribution in [2.45, 2.75) is 32.2 Å². The molecule has 0 spiro atoms. The fourth-order valence-electron chi connectivity index (χ4n) is 4.04. The third kappa shape index (κ3) is 3.32. The molecule has 3 aromatic rings. The van der Waals surface area contributed by atoms with Gasteiger partial charge in [0, 0.05) is 17.1 Å². The van der Waals surface area contributed by atoms with Gasteiger partial charge in [-0.3, -0.25) is 0 Å². The predicted molar refractivity (Wildman–Crippen MR) is 114 cm³/mol. The molecule has 0 aromatic heterocycles. The van der Waals surface area contributed by atoms with Crippen molar-refractivity contribution in [1.82, 2.24) is 0 Å². The quantitative estimate of drug-likeness (QED) is 0.562. The first kappa shape index (κ1) is 17.7. The van der Waals surface area contributed by atoms with Crippen molar-refractivity contribution in [3.8, 4) is 16.9 Å². The lowest BCUT2D eigenvalue weighted by atomic mass is 9.81. The summed E-state index contributed by atoms with van der Waals surface area (Å²) in [7, 11) is 0. The number of anilines is 1. The first-order valence-corrected chi connectivity index (χ1v) is 9.72. The number of hydrogen-bond acceptors (Lipinski definition) is 2. The van der Waals surface area contributed by atoms with E-state index in [4.69, 9.17) is 4.74 Å². The van der Waals surface area contributed by atoms with Crippen LogP contribution in [0, 0.1) is 0 Å². The van der Waals surface area contributed by atoms with Gasteiger partial charge in [-0.25, -0.2) is 0 Å². The van der Waals surface area contributed by atoms with Crippen molar-refractivity contribution in [3.63, 3.8) is 0 Å². The Hall–Kier alpha value is -2.74. The number of ether oxygens (including phenoxy) is 1. The third-order valence-corrected chi connectivity index (χ3v) is 5.98. The average molecular weight is 357 g/mol.